The molecule has 2 amide bonds. The molecule has 1 aliphatic heterocycles. The number of ether oxygens (including phenoxy) is 2. The largest absolute Gasteiger partial charge is 0.453 e. The van der Waals surface area contributed by atoms with E-state index in [0.29, 0.717) is 28.4 Å². The summed E-state index contributed by atoms with van der Waals surface area (Å²) in [6.07, 6.45) is 1.18. The molecule has 3 rings (SSSR count). The Balaban J connectivity index is 1.76. The fourth-order valence-corrected chi connectivity index (χ4v) is 2.60. The minimum absolute atomic E-state index is 0.117. The van der Waals surface area contributed by atoms with Crippen LogP contribution in [0.15, 0.2) is 53.5 Å². The fraction of sp³-hybridized carbons (Fsp3) is 0.0588. The maximum Gasteiger partial charge on any atom is 0.255 e. The van der Waals surface area contributed by atoms with E-state index in [-0.39, 0.29) is 18.6 Å². The normalized spacial score (nSPS) is 11.7. The van der Waals surface area contributed by atoms with Gasteiger partial charge in [-0.05, 0) is 42.5 Å². The van der Waals surface area contributed by atoms with Crippen LogP contribution in [0.3, 0.4) is 0 Å². The SMILES string of the molecule is C=CC(=O)Nc1ccc(C(=O)Nc2cc(Br)cc3c2OCO3)cc1. The monoisotopic (exact) mass is 388 g/mol. The highest BCUT2D eigenvalue weighted by molar-refractivity contribution is 9.10. The maximum atomic E-state index is 12.4. The van der Waals surface area contributed by atoms with Gasteiger partial charge in [0.25, 0.3) is 5.91 Å². The van der Waals surface area contributed by atoms with Gasteiger partial charge in [0.15, 0.2) is 11.5 Å². The van der Waals surface area contributed by atoms with Crippen molar-refractivity contribution in [2.45, 2.75) is 0 Å². The Labute approximate surface area is 146 Å². The first-order chi connectivity index (χ1) is 11.6. The lowest BCUT2D eigenvalue weighted by molar-refractivity contribution is -0.111. The van der Waals surface area contributed by atoms with Crippen molar-refractivity contribution in [2.75, 3.05) is 17.4 Å². The third kappa shape index (κ3) is 3.41. The molecule has 24 heavy (non-hydrogen) atoms. The molecule has 0 aromatic heterocycles. The molecular formula is C17H13BrN2O4. The van der Waals surface area contributed by atoms with Crippen LogP contribution in [-0.4, -0.2) is 18.6 Å². The number of halogens is 1. The van der Waals surface area contributed by atoms with Crippen LogP contribution in [0.1, 0.15) is 10.4 Å². The number of anilines is 2. The molecule has 0 saturated heterocycles. The van der Waals surface area contributed by atoms with Crippen LogP contribution in [0, 0.1) is 0 Å². The Kier molecular flexibility index (Phi) is 4.52. The Morgan fingerprint density at radius 1 is 1.12 bits per heavy atom. The van der Waals surface area contributed by atoms with Gasteiger partial charge >= 0.3 is 0 Å². The first kappa shape index (κ1) is 16.1. The van der Waals surface area contributed by atoms with E-state index >= 15 is 0 Å². The molecule has 0 bridgehead atoms. The molecule has 6 nitrogen and oxygen atoms in total. The van der Waals surface area contributed by atoms with E-state index in [0.717, 1.165) is 4.47 Å². The Hall–Kier alpha value is -2.80. The minimum Gasteiger partial charge on any atom is -0.453 e. The molecule has 1 aliphatic rings. The van der Waals surface area contributed by atoms with E-state index in [1.165, 1.54) is 6.08 Å². The third-order valence-electron chi connectivity index (χ3n) is 3.29. The van der Waals surface area contributed by atoms with E-state index in [9.17, 15) is 9.59 Å². The second-order valence-electron chi connectivity index (χ2n) is 4.91. The topological polar surface area (TPSA) is 76.7 Å². The summed E-state index contributed by atoms with van der Waals surface area (Å²) in [6.45, 7) is 3.50. The van der Waals surface area contributed by atoms with Crippen molar-refractivity contribution in [3.63, 3.8) is 0 Å². The first-order valence-electron chi connectivity index (χ1n) is 7.01. The quantitative estimate of drug-likeness (QED) is 0.785. The highest BCUT2D eigenvalue weighted by Crippen LogP contribution is 2.41. The van der Waals surface area contributed by atoms with Crippen LogP contribution in [0.4, 0.5) is 11.4 Å². The third-order valence-corrected chi connectivity index (χ3v) is 3.74. The van der Waals surface area contributed by atoms with Gasteiger partial charge in [-0.25, -0.2) is 0 Å². The second kappa shape index (κ2) is 6.76. The summed E-state index contributed by atoms with van der Waals surface area (Å²) in [5, 5.41) is 5.41. The molecule has 2 aromatic carbocycles. The van der Waals surface area contributed by atoms with Crippen molar-refractivity contribution in [1.82, 2.24) is 0 Å². The molecule has 0 fully saturated rings. The number of carbonyl (C=O) groups is 2. The van der Waals surface area contributed by atoms with E-state index < -0.39 is 0 Å². The second-order valence-corrected chi connectivity index (χ2v) is 5.83. The van der Waals surface area contributed by atoms with Crippen molar-refractivity contribution in [3.8, 4) is 11.5 Å². The first-order valence-corrected chi connectivity index (χ1v) is 7.80. The minimum atomic E-state index is -0.311. The van der Waals surface area contributed by atoms with E-state index in [1.54, 1.807) is 36.4 Å². The molecule has 0 radical (unpaired) electrons. The number of nitrogens with one attached hydrogen (secondary N) is 2. The fourth-order valence-electron chi connectivity index (χ4n) is 2.16. The summed E-state index contributed by atoms with van der Waals surface area (Å²) in [6, 6.07) is 10.0. The van der Waals surface area contributed by atoms with Crippen molar-refractivity contribution in [2.24, 2.45) is 0 Å². The lowest BCUT2D eigenvalue weighted by Gasteiger charge is -2.09. The predicted octanol–water partition coefficient (Wildman–Crippen LogP) is 3.55. The van der Waals surface area contributed by atoms with Crippen molar-refractivity contribution in [3.05, 3.63) is 59.1 Å². The van der Waals surface area contributed by atoms with Gasteiger partial charge in [0.05, 0.1) is 5.69 Å². The predicted molar refractivity (Wildman–Crippen MR) is 93.5 cm³/mol. The van der Waals surface area contributed by atoms with Crippen LogP contribution in [0.2, 0.25) is 0 Å². The number of fused-ring (bicyclic) bond motifs is 1. The molecule has 0 spiro atoms. The zero-order valence-electron chi connectivity index (χ0n) is 12.5. The Bertz CT molecular complexity index is 818. The van der Waals surface area contributed by atoms with Crippen LogP contribution < -0.4 is 20.1 Å². The molecule has 0 saturated carbocycles. The number of rotatable bonds is 4. The number of amides is 2. The molecule has 122 valence electrons. The summed E-state index contributed by atoms with van der Waals surface area (Å²) < 4.78 is 11.5. The smallest absolute Gasteiger partial charge is 0.255 e. The summed E-state index contributed by atoms with van der Waals surface area (Å²) in [5.41, 5.74) is 1.54. The van der Waals surface area contributed by atoms with Gasteiger partial charge in [0, 0.05) is 15.7 Å². The van der Waals surface area contributed by atoms with Crippen LogP contribution in [0.5, 0.6) is 11.5 Å². The van der Waals surface area contributed by atoms with E-state index in [1.807, 2.05) is 0 Å². The molecule has 0 atom stereocenters. The molecule has 7 heteroatoms. The van der Waals surface area contributed by atoms with Crippen LogP contribution in [-0.2, 0) is 4.79 Å². The zero-order valence-corrected chi connectivity index (χ0v) is 14.1. The zero-order chi connectivity index (χ0) is 17.1. The van der Waals surface area contributed by atoms with Gasteiger partial charge in [0.2, 0.25) is 12.7 Å². The van der Waals surface area contributed by atoms with E-state index in [4.69, 9.17) is 9.47 Å². The van der Waals surface area contributed by atoms with Crippen molar-refractivity contribution < 1.29 is 19.1 Å². The van der Waals surface area contributed by atoms with E-state index in [2.05, 4.69) is 33.1 Å². The van der Waals surface area contributed by atoms with Gasteiger partial charge in [0.1, 0.15) is 0 Å². The number of benzene rings is 2. The van der Waals surface area contributed by atoms with Crippen LogP contribution in [0.25, 0.3) is 0 Å². The van der Waals surface area contributed by atoms with Gasteiger partial charge < -0.3 is 20.1 Å². The van der Waals surface area contributed by atoms with Gasteiger partial charge in [-0.3, -0.25) is 9.59 Å². The highest BCUT2D eigenvalue weighted by Gasteiger charge is 2.20. The van der Waals surface area contributed by atoms with Crippen molar-refractivity contribution in [1.29, 1.82) is 0 Å². The summed E-state index contributed by atoms with van der Waals surface area (Å²) in [5.74, 6) is 0.463. The molecule has 0 unspecified atom stereocenters. The van der Waals surface area contributed by atoms with Gasteiger partial charge in [-0.1, -0.05) is 22.5 Å². The standard InChI is InChI=1S/C17H13BrN2O4/c1-2-15(21)19-12-5-3-10(4-6-12)17(22)20-13-7-11(18)8-14-16(13)24-9-23-14/h2-8H,1,9H2,(H,19,21)(H,20,22). The molecule has 2 aromatic rings. The van der Waals surface area contributed by atoms with Crippen molar-refractivity contribution >= 4 is 39.1 Å². The highest BCUT2D eigenvalue weighted by atomic mass is 79.9. The number of carbonyl (C=O) groups excluding carboxylic acids is 2. The summed E-state index contributed by atoms with van der Waals surface area (Å²) in [7, 11) is 0. The molecule has 0 aliphatic carbocycles. The molecular weight excluding hydrogens is 376 g/mol. The number of hydrogen-bond donors (Lipinski definition) is 2. The number of hydrogen-bond acceptors (Lipinski definition) is 4. The Morgan fingerprint density at radius 2 is 1.88 bits per heavy atom. The maximum absolute atomic E-state index is 12.4. The molecule has 2 N–H and O–H groups in total. The van der Waals surface area contributed by atoms with Crippen LogP contribution >= 0.6 is 15.9 Å². The average Bonchev–Trinajstić information content (AvgIpc) is 3.03. The lowest BCUT2D eigenvalue weighted by atomic mass is 10.2. The summed E-state index contributed by atoms with van der Waals surface area (Å²) in [4.78, 5) is 23.6. The molecule has 1 heterocycles. The van der Waals surface area contributed by atoms with Gasteiger partial charge in [-0.2, -0.15) is 0 Å². The Morgan fingerprint density at radius 3 is 2.58 bits per heavy atom. The van der Waals surface area contributed by atoms with Gasteiger partial charge in [-0.15, -0.1) is 0 Å². The lowest BCUT2D eigenvalue weighted by Crippen LogP contribution is -2.13. The average molecular weight is 389 g/mol. The summed E-state index contributed by atoms with van der Waals surface area (Å²) >= 11 is 3.37.